The number of allylic oxidation sites excluding steroid dienone is 1. The van der Waals surface area contributed by atoms with E-state index in [-0.39, 0.29) is 31.0 Å². The van der Waals surface area contributed by atoms with Gasteiger partial charge in [-0.1, -0.05) is 99.5 Å². The van der Waals surface area contributed by atoms with Gasteiger partial charge in [-0.05, 0) is 60.9 Å². The summed E-state index contributed by atoms with van der Waals surface area (Å²) in [6, 6.07) is 0. The van der Waals surface area contributed by atoms with Gasteiger partial charge in [0.1, 0.15) is 12.2 Å². The highest BCUT2D eigenvalue weighted by molar-refractivity contribution is 9.09. The Hall–Kier alpha value is -2.01. The third kappa shape index (κ3) is 40.2. The predicted octanol–water partition coefficient (Wildman–Crippen LogP) is 6.21. The number of hydrogen-bond donors (Lipinski definition) is 4. The maximum Gasteiger partial charge on any atom is 0.363 e. The average molecular weight is 1140 g/mol. The van der Waals surface area contributed by atoms with Gasteiger partial charge in [-0.15, -0.1) is 6.58 Å². The third-order valence-electron chi connectivity index (χ3n) is 10.1. The number of carbonyl (C=O) groups is 3. The van der Waals surface area contributed by atoms with Gasteiger partial charge in [0.25, 0.3) is 12.6 Å². The molecule has 0 saturated carbocycles. The van der Waals surface area contributed by atoms with Gasteiger partial charge >= 0.3 is 17.9 Å². The maximum atomic E-state index is 11.0. The SMILES string of the molecule is C=CCCC.CCCC1CO1.CCC[C@H](O)CO.CCC[C@H]1CO[C@@H](OC)C(=O)O1.CCC[C@H]1CO[C@@H](OC)C(O)O1.CCC[C@H]1CO[C@H](OC)C(=O)O1.CCC[C@H]1CO[C@H](OC)C(O)O1.COC(=O)C(Br)OC. The molecule has 0 aliphatic carbocycles. The summed E-state index contributed by atoms with van der Waals surface area (Å²) in [6.07, 6.45) is 11.2. The van der Waals surface area contributed by atoms with E-state index >= 15 is 0 Å². The van der Waals surface area contributed by atoms with Crippen LogP contribution in [-0.2, 0) is 85.4 Å². The lowest BCUT2D eigenvalue weighted by Crippen LogP contribution is -2.44. The number of methoxy groups -OCH3 is 6. The molecule has 5 fully saturated rings. The zero-order valence-electron chi connectivity index (χ0n) is 46.9. The molecule has 5 rings (SSSR count). The van der Waals surface area contributed by atoms with Crippen LogP contribution >= 0.6 is 15.9 Å². The summed E-state index contributed by atoms with van der Waals surface area (Å²) in [5.74, 6) is -1.25. The molecule has 74 heavy (non-hydrogen) atoms. The number of epoxide rings is 1. The highest BCUT2D eigenvalue weighted by Crippen LogP contribution is 2.19. The van der Waals surface area contributed by atoms with Crippen molar-refractivity contribution in [3.8, 4) is 0 Å². The second-order valence-electron chi connectivity index (χ2n) is 16.8. The van der Waals surface area contributed by atoms with Gasteiger partial charge in [0, 0.05) is 35.5 Å². The molecule has 0 bridgehead atoms. The molecule has 4 unspecified atom stereocenters. The smallest absolute Gasteiger partial charge is 0.363 e. The van der Waals surface area contributed by atoms with Gasteiger partial charge in [-0.25, -0.2) is 14.4 Å². The molecule has 13 atom stereocenters. The van der Waals surface area contributed by atoms with Crippen molar-refractivity contribution in [2.45, 2.75) is 218 Å². The fourth-order valence-corrected chi connectivity index (χ4v) is 6.34. The van der Waals surface area contributed by atoms with Crippen molar-refractivity contribution in [2.24, 2.45) is 0 Å². The molecule has 5 aliphatic rings. The topological polar surface area (TPSA) is 274 Å². The standard InChI is InChI=1S/2C8H16O4.2C8H14O4.C5H12O2.C5H10O.C5H10.C4H7BrO3/c4*1-3-4-6-5-11-8(10-2)7(9)12-6;1-2-3-5(7)4-6;1-2-3-5-4-6-5;1-3-5-4-2;1-7-3(5)4(6)8-2/h2*6-9H,3-5H2,1-2H3;2*6,8H,3-5H2,1-2H3;5-7H,2-4H2,1H3;5H,2-4H2,1H3;3H,1,4-5H2,2H3;3H,1-2H3/t6-,7?,8+;6-,7?,8-;6-,8+;6-,8-;5-;;;/m00000.../s1. The summed E-state index contributed by atoms with van der Waals surface area (Å²) in [6.45, 7) is 20.9. The monoisotopic (exact) mass is 1140 g/mol. The number of halogens is 1. The van der Waals surface area contributed by atoms with Gasteiger partial charge in [-0.2, -0.15) is 0 Å². The number of aliphatic hydroxyl groups is 4. The van der Waals surface area contributed by atoms with Crippen LogP contribution in [0.15, 0.2) is 12.7 Å². The van der Waals surface area contributed by atoms with Crippen molar-refractivity contribution in [3.05, 3.63) is 12.7 Å². The third-order valence-corrected chi connectivity index (χ3v) is 10.9. The lowest BCUT2D eigenvalue weighted by molar-refractivity contribution is -0.322. The number of carbonyl (C=O) groups excluding carboxylic acids is 3. The first-order valence-electron chi connectivity index (χ1n) is 25.9. The summed E-state index contributed by atoms with van der Waals surface area (Å²) in [5, 5.41) is 34.8. The van der Waals surface area contributed by atoms with Crippen LogP contribution in [-0.4, -0.2) is 200 Å². The number of ether oxygens (including phenoxy) is 15. The lowest BCUT2D eigenvalue weighted by Gasteiger charge is -2.32. The molecule has 0 aromatic rings. The minimum Gasteiger partial charge on any atom is -0.466 e. The zero-order valence-corrected chi connectivity index (χ0v) is 48.5. The molecule has 0 spiro atoms. The van der Waals surface area contributed by atoms with Crippen molar-refractivity contribution in [2.75, 3.05) is 82.3 Å². The second kappa shape index (κ2) is 51.7. The normalized spacial score (nSPS) is 27.4. The summed E-state index contributed by atoms with van der Waals surface area (Å²) >= 11 is 2.91. The summed E-state index contributed by atoms with van der Waals surface area (Å²) < 4.78 is 74.1. The van der Waals surface area contributed by atoms with Gasteiger partial charge in [0.15, 0.2) is 0 Å². The molecule has 0 aromatic carbocycles. The van der Waals surface area contributed by atoms with Crippen molar-refractivity contribution in [1.82, 2.24) is 0 Å². The van der Waals surface area contributed by atoms with E-state index in [4.69, 9.17) is 71.8 Å². The molecule has 0 amide bonds. The molecular formula is C51H99BrO22. The Labute approximate surface area is 451 Å². The highest BCUT2D eigenvalue weighted by Gasteiger charge is 2.33. The number of alkyl halides is 1. The Morgan fingerprint density at radius 1 is 0.595 bits per heavy atom. The Kier molecular flexibility index (Phi) is 53.3. The number of rotatable bonds is 21. The zero-order chi connectivity index (χ0) is 56.7. The molecule has 0 aromatic heterocycles. The predicted molar refractivity (Wildman–Crippen MR) is 278 cm³/mol. The van der Waals surface area contributed by atoms with Gasteiger partial charge in [0.05, 0.1) is 71.2 Å². The van der Waals surface area contributed by atoms with E-state index in [1.54, 1.807) is 0 Å². The maximum absolute atomic E-state index is 11.0. The van der Waals surface area contributed by atoms with Crippen LogP contribution in [0.1, 0.15) is 138 Å². The van der Waals surface area contributed by atoms with Crippen molar-refractivity contribution < 1.29 is 106 Å². The van der Waals surface area contributed by atoms with E-state index in [1.807, 2.05) is 26.8 Å². The molecule has 5 aliphatic heterocycles. The van der Waals surface area contributed by atoms with E-state index in [2.05, 4.69) is 59.7 Å². The van der Waals surface area contributed by atoms with Crippen LogP contribution in [0, 0.1) is 0 Å². The van der Waals surface area contributed by atoms with E-state index < -0.39 is 66.8 Å². The number of unbranched alkanes of at least 4 members (excludes halogenated alkanes) is 1. The van der Waals surface area contributed by atoms with Crippen LogP contribution in [0.4, 0.5) is 0 Å². The number of esters is 3. The molecule has 442 valence electrons. The fourth-order valence-electron chi connectivity index (χ4n) is 6.15. The van der Waals surface area contributed by atoms with Gasteiger partial charge < -0.3 is 91.5 Å². The Morgan fingerprint density at radius 2 is 0.959 bits per heavy atom. The summed E-state index contributed by atoms with van der Waals surface area (Å²) in [7, 11) is 8.53. The number of aliphatic hydroxyl groups excluding tert-OH is 4. The van der Waals surface area contributed by atoms with E-state index in [0.29, 0.717) is 39.0 Å². The van der Waals surface area contributed by atoms with Crippen LogP contribution in [0.3, 0.4) is 0 Å². The Bertz CT molecular complexity index is 1240. The first-order chi connectivity index (χ1) is 35.5. The number of cyclic esters (lactones) is 2. The van der Waals surface area contributed by atoms with E-state index in [9.17, 15) is 24.6 Å². The van der Waals surface area contributed by atoms with Crippen molar-refractivity contribution >= 4 is 33.8 Å². The van der Waals surface area contributed by atoms with Gasteiger partial charge in [0.2, 0.25) is 30.2 Å². The molecule has 22 nitrogen and oxygen atoms in total. The fraction of sp³-hybridized carbons (Fsp3) is 0.902. The molecule has 0 radical (unpaired) electrons. The van der Waals surface area contributed by atoms with Crippen LogP contribution < -0.4 is 0 Å². The molecule has 4 N–H and O–H groups in total. The first kappa shape index (κ1) is 76.2. The molecule has 23 heteroatoms. The molecular weight excluding hydrogens is 1040 g/mol. The summed E-state index contributed by atoms with van der Waals surface area (Å²) in [5.41, 5.74) is 0. The second-order valence-corrected chi connectivity index (χ2v) is 17.6. The summed E-state index contributed by atoms with van der Waals surface area (Å²) in [4.78, 5) is 32.4. The first-order valence-corrected chi connectivity index (χ1v) is 26.8. The lowest BCUT2D eigenvalue weighted by atomic mass is 10.2. The number of hydrogen-bond acceptors (Lipinski definition) is 22. The Morgan fingerprint density at radius 3 is 1.16 bits per heavy atom. The quantitative estimate of drug-likeness (QED) is 0.0327. The van der Waals surface area contributed by atoms with Crippen molar-refractivity contribution in [1.29, 1.82) is 0 Å². The molecule has 5 saturated heterocycles. The van der Waals surface area contributed by atoms with E-state index in [1.165, 1.54) is 61.9 Å². The minimum atomic E-state index is -0.944. The van der Waals surface area contributed by atoms with Crippen LogP contribution in [0.25, 0.3) is 0 Å². The molecule has 5 heterocycles. The van der Waals surface area contributed by atoms with Gasteiger partial charge in [-0.3, -0.25) is 0 Å². The Balaban J connectivity index is -0.000000792. The minimum absolute atomic E-state index is 0.0106. The highest BCUT2D eigenvalue weighted by atomic mass is 79.9. The van der Waals surface area contributed by atoms with Crippen LogP contribution in [0.5, 0.6) is 0 Å². The average Bonchev–Trinajstić information content (AvgIpc) is 4.23. The van der Waals surface area contributed by atoms with Crippen LogP contribution in [0.2, 0.25) is 0 Å². The van der Waals surface area contributed by atoms with E-state index in [0.717, 1.165) is 70.8 Å². The van der Waals surface area contributed by atoms with Crippen molar-refractivity contribution in [3.63, 3.8) is 0 Å². The largest absolute Gasteiger partial charge is 0.466 e.